The van der Waals surface area contributed by atoms with Crippen LogP contribution in [0.1, 0.15) is 140 Å². The molecule has 1 aromatic rings. The largest absolute Gasteiger partial charge is 0.493 e. The zero-order valence-electron chi connectivity index (χ0n) is 30.5. The number of ether oxygens (including phenoxy) is 4. The van der Waals surface area contributed by atoms with E-state index in [9.17, 15) is 24.6 Å². The van der Waals surface area contributed by atoms with Gasteiger partial charge in [-0.15, -0.1) is 0 Å². The molecule has 0 radical (unpaired) electrons. The van der Waals surface area contributed by atoms with E-state index in [0.717, 1.165) is 30.4 Å². The second-order valence-corrected chi connectivity index (χ2v) is 15.0. The number of carbonyl (C=O) groups excluding carboxylic acids is 2. The Bertz CT molecular complexity index is 1380. The number of methoxy groups -OCH3 is 1. The van der Waals surface area contributed by atoms with Crippen LogP contribution in [0.3, 0.4) is 0 Å². The first kappa shape index (κ1) is 38.1. The summed E-state index contributed by atoms with van der Waals surface area (Å²) in [6.45, 7) is 2.96. The van der Waals surface area contributed by atoms with Gasteiger partial charge in [-0.3, -0.25) is 9.59 Å². The first-order valence-electron chi connectivity index (χ1n) is 19.3. The van der Waals surface area contributed by atoms with E-state index in [1.807, 2.05) is 19.2 Å². The third kappa shape index (κ3) is 8.01. The van der Waals surface area contributed by atoms with E-state index in [1.54, 1.807) is 13.2 Å². The monoisotopic (exact) mass is 697 g/mol. The summed E-state index contributed by atoms with van der Waals surface area (Å²) in [6.07, 6.45) is 18.2. The van der Waals surface area contributed by atoms with Crippen LogP contribution in [0.5, 0.6) is 11.5 Å². The van der Waals surface area contributed by atoms with Crippen molar-refractivity contribution >= 4 is 17.9 Å². The number of hydrogen-bond acceptors (Lipinski definition) is 9. The third-order valence-corrected chi connectivity index (χ3v) is 11.7. The minimum absolute atomic E-state index is 0.110. The topological polar surface area (TPSA) is 132 Å². The molecular formula is C40H59NO9. The van der Waals surface area contributed by atoms with Gasteiger partial charge in [0.05, 0.1) is 24.5 Å². The standard InChI is InChI=1S/C40H59NO9/c1-4-5-6-7-8-9-10-11-12-13-14-15-16-17-18-19-34(44)48-31(27-33(42)43)38(45)49-30-22-23-40(46)32-26-28-20-21-29(47-3)36-35(28)39(40,37(30)50-36)24-25-41(32)2/h20-22,31-32,37,46H,4-19,23-27H2,1-3H3,(H,42,43)/t31-,32+,37-,39-,40+/m0/s1. The molecule has 2 aliphatic heterocycles. The van der Waals surface area contributed by atoms with E-state index in [2.05, 4.69) is 11.8 Å². The Kier molecular flexibility index (Phi) is 13.3. The number of likely N-dealkylation sites (tertiary alicyclic amines) is 1. The van der Waals surface area contributed by atoms with Crippen molar-refractivity contribution in [3.05, 3.63) is 35.1 Å². The highest BCUT2D eigenvalue weighted by molar-refractivity contribution is 5.84. The number of benzene rings is 1. The number of aliphatic hydroxyl groups is 1. The van der Waals surface area contributed by atoms with Crippen LogP contribution < -0.4 is 9.47 Å². The molecule has 0 aromatic heterocycles. The fourth-order valence-corrected chi connectivity index (χ4v) is 8.96. The normalized spacial score (nSPS) is 25.2. The van der Waals surface area contributed by atoms with Crippen molar-refractivity contribution in [2.75, 3.05) is 20.7 Å². The molecule has 1 aromatic carbocycles. The molecule has 0 unspecified atom stereocenters. The fourth-order valence-electron chi connectivity index (χ4n) is 8.96. The van der Waals surface area contributed by atoms with Crippen LogP contribution in [0.25, 0.3) is 0 Å². The third-order valence-electron chi connectivity index (χ3n) is 11.7. The molecule has 278 valence electrons. The Balaban J connectivity index is 1.10. The predicted molar refractivity (Wildman–Crippen MR) is 189 cm³/mol. The van der Waals surface area contributed by atoms with Crippen molar-refractivity contribution in [2.45, 2.75) is 165 Å². The highest BCUT2D eigenvalue weighted by Crippen LogP contribution is 2.65. The van der Waals surface area contributed by atoms with E-state index in [4.69, 9.17) is 18.9 Å². The first-order chi connectivity index (χ1) is 24.2. The molecule has 1 saturated heterocycles. The first-order valence-corrected chi connectivity index (χ1v) is 19.3. The lowest BCUT2D eigenvalue weighted by molar-refractivity contribution is -0.177. The molecule has 50 heavy (non-hydrogen) atoms. The van der Waals surface area contributed by atoms with Crippen LogP contribution >= 0.6 is 0 Å². The quantitative estimate of drug-likeness (QED) is 0.0950. The molecule has 10 nitrogen and oxygen atoms in total. The van der Waals surface area contributed by atoms with Crippen LogP contribution in [-0.4, -0.2) is 77.6 Å². The van der Waals surface area contributed by atoms with Crippen LogP contribution in [-0.2, 0) is 35.7 Å². The van der Waals surface area contributed by atoms with Crippen molar-refractivity contribution in [3.8, 4) is 11.5 Å². The number of esters is 2. The highest BCUT2D eigenvalue weighted by atomic mass is 16.6. The average molecular weight is 698 g/mol. The number of carboxylic acid groups (broad SMARTS) is 1. The average Bonchev–Trinajstić information content (AvgIpc) is 3.45. The number of likely N-dealkylation sites (N-methyl/N-ethyl adjacent to an activating group) is 1. The van der Waals surface area contributed by atoms with Gasteiger partial charge >= 0.3 is 17.9 Å². The lowest BCUT2D eigenvalue weighted by atomic mass is 9.50. The molecule has 0 amide bonds. The van der Waals surface area contributed by atoms with Gasteiger partial charge in [0.15, 0.2) is 17.6 Å². The molecule has 4 aliphatic rings. The number of carboxylic acids is 1. The van der Waals surface area contributed by atoms with E-state index in [-0.39, 0.29) is 24.6 Å². The molecule has 1 spiro atoms. The van der Waals surface area contributed by atoms with Crippen LogP contribution in [0.15, 0.2) is 24.0 Å². The number of rotatable bonds is 22. The number of unbranched alkanes of at least 4 members (excludes halogenated alkanes) is 14. The lowest BCUT2D eigenvalue weighted by Gasteiger charge is -2.61. The summed E-state index contributed by atoms with van der Waals surface area (Å²) in [6, 6.07) is 3.71. The number of carbonyl (C=O) groups is 3. The Morgan fingerprint density at radius 2 is 1.58 bits per heavy atom. The molecule has 0 saturated carbocycles. The zero-order chi connectivity index (χ0) is 35.7. The summed E-state index contributed by atoms with van der Waals surface area (Å²) in [5.41, 5.74) is -0.0925. The molecule has 2 N–H and O–H groups in total. The van der Waals surface area contributed by atoms with Gasteiger partial charge < -0.3 is 34.1 Å². The van der Waals surface area contributed by atoms with E-state index < -0.39 is 47.6 Å². The molecule has 1 fully saturated rings. The van der Waals surface area contributed by atoms with Crippen molar-refractivity contribution < 1.29 is 43.5 Å². The Hall–Kier alpha value is -3.11. The summed E-state index contributed by atoms with van der Waals surface area (Å²) in [7, 11) is 3.58. The smallest absolute Gasteiger partial charge is 0.353 e. The van der Waals surface area contributed by atoms with Crippen molar-refractivity contribution in [2.24, 2.45) is 0 Å². The maximum atomic E-state index is 13.5. The second kappa shape index (κ2) is 17.4. The van der Waals surface area contributed by atoms with Gasteiger partial charge in [-0.25, -0.2) is 4.79 Å². The zero-order valence-corrected chi connectivity index (χ0v) is 30.5. The number of hydrogen-bond donors (Lipinski definition) is 2. The second-order valence-electron chi connectivity index (χ2n) is 15.0. The Morgan fingerprint density at radius 3 is 2.18 bits per heavy atom. The van der Waals surface area contributed by atoms with Crippen molar-refractivity contribution in [1.29, 1.82) is 0 Å². The Morgan fingerprint density at radius 1 is 0.960 bits per heavy atom. The van der Waals surface area contributed by atoms with E-state index in [1.165, 1.54) is 70.6 Å². The molecule has 2 aliphatic carbocycles. The summed E-state index contributed by atoms with van der Waals surface area (Å²) >= 11 is 0. The molecule has 10 heteroatoms. The van der Waals surface area contributed by atoms with Gasteiger partial charge in [0.2, 0.25) is 6.10 Å². The SMILES string of the molecule is CCCCCCCCCCCCCCCCCC(=O)O[C@@H](CC(=O)O)C(=O)OC1=CC[C@@]2(O)[C@H]3Cc4ccc(OC)c5c4[C@@]2(CCN3C)[C@H]1O5. The maximum Gasteiger partial charge on any atom is 0.353 e. The van der Waals surface area contributed by atoms with Gasteiger partial charge in [-0.1, -0.05) is 103 Å². The highest BCUT2D eigenvalue weighted by Gasteiger charge is 2.72. The van der Waals surface area contributed by atoms with Gasteiger partial charge in [0.1, 0.15) is 5.76 Å². The van der Waals surface area contributed by atoms with Crippen LogP contribution in [0.2, 0.25) is 0 Å². The minimum atomic E-state index is -1.60. The van der Waals surface area contributed by atoms with Crippen LogP contribution in [0.4, 0.5) is 0 Å². The van der Waals surface area contributed by atoms with Crippen molar-refractivity contribution in [3.63, 3.8) is 0 Å². The van der Waals surface area contributed by atoms with Crippen LogP contribution in [0, 0.1) is 0 Å². The number of aliphatic carboxylic acids is 1. The molecule has 5 atom stereocenters. The number of piperidine rings is 1. The summed E-state index contributed by atoms with van der Waals surface area (Å²) in [4.78, 5) is 40.1. The Labute approximate surface area is 297 Å². The van der Waals surface area contributed by atoms with Gasteiger partial charge in [-0.05, 0) is 50.6 Å². The fraction of sp³-hybridized carbons (Fsp3) is 0.725. The van der Waals surface area contributed by atoms with E-state index in [0.29, 0.717) is 37.3 Å². The van der Waals surface area contributed by atoms with Crippen molar-refractivity contribution in [1.82, 2.24) is 4.90 Å². The molecule has 2 heterocycles. The minimum Gasteiger partial charge on any atom is -0.493 e. The summed E-state index contributed by atoms with van der Waals surface area (Å²) in [5.74, 6) is -1.58. The molecule has 5 rings (SSSR count). The van der Waals surface area contributed by atoms with Gasteiger partial charge in [0.25, 0.3) is 0 Å². The van der Waals surface area contributed by atoms with Gasteiger partial charge in [-0.2, -0.15) is 0 Å². The lowest BCUT2D eigenvalue weighted by Crippen LogP contribution is -2.74. The van der Waals surface area contributed by atoms with E-state index >= 15 is 0 Å². The predicted octanol–water partition coefficient (Wildman–Crippen LogP) is 7.16. The molecular weight excluding hydrogens is 638 g/mol. The molecule has 2 bridgehead atoms. The number of nitrogens with zero attached hydrogens (tertiary/aromatic N) is 1. The summed E-state index contributed by atoms with van der Waals surface area (Å²) < 4.78 is 23.4. The summed E-state index contributed by atoms with van der Waals surface area (Å²) in [5, 5.41) is 21.9. The van der Waals surface area contributed by atoms with Gasteiger partial charge in [0, 0.05) is 24.4 Å². The maximum absolute atomic E-state index is 13.5.